The van der Waals surface area contributed by atoms with Gasteiger partial charge < -0.3 is 10.6 Å². The summed E-state index contributed by atoms with van der Waals surface area (Å²) in [7, 11) is 0. The number of hydrogen-bond acceptors (Lipinski definition) is 3. The SMILES string of the molecule is CCNC(=O)c1ccc(NC(C)c2sccc2Br)c(C)c1. The van der Waals surface area contributed by atoms with Crippen LogP contribution in [0.2, 0.25) is 0 Å². The zero-order chi connectivity index (χ0) is 15.4. The fourth-order valence-corrected chi connectivity index (χ4v) is 3.87. The van der Waals surface area contributed by atoms with Gasteiger partial charge in [-0.3, -0.25) is 4.79 Å². The Hall–Kier alpha value is -1.33. The molecule has 1 heterocycles. The number of rotatable bonds is 5. The van der Waals surface area contributed by atoms with E-state index in [-0.39, 0.29) is 11.9 Å². The van der Waals surface area contributed by atoms with Gasteiger partial charge >= 0.3 is 0 Å². The molecule has 0 saturated heterocycles. The highest BCUT2D eigenvalue weighted by atomic mass is 79.9. The molecule has 3 nitrogen and oxygen atoms in total. The number of nitrogens with one attached hydrogen (secondary N) is 2. The number of carbonyl (C=O) groups excluding carboxylic acids is 1. The van der Waals surface area contributed by atoms with Gasteiger partial charge in [-0.1, -0.05) is 0 Å². The normalized spacial score (nSPS) is 12.0. The molecule has 5 heteroatoms. The van der Waals surface area contributed by atoms with E-state index in [1.54, 1.807) is 11.3 Å². The van der Waals surface area contributed by atoms with Crippen molar-refractivity contribution in [1.29, 1.82) is 0 Å². The Balaban J connectivity index is 2.14. The van der Waals surface area contributed by atoms with Crippen LogP contribution in [0.4, 0.5) is 5.69 Å². The molecule has 0 aliphatic carbocycles. The molecule has 1 unspecified atom stereocenters. The van der Waals surface area contributed by atoms with E-state index in [9.17, 15) is 4.79 Å². The largest absolute Gasteiger partial charge is 0.377 e. The van der Waals surface area contributed by atoms with Gasteiger partial charge in [0.2, 0.25) is 0 Å². The fraction of sp³-hybridized carbons (Fsp3) is 0.312. The topological polar surface area (TPSA) is 41.1 Å². The lowest BCUT2D eigenvalue weighted by Crippen LogP contribution is -2.22. The van der Waals surface area contributed by atoms with Gasteiger partial charge in [0.1, 0.15) is 0 Å². The smallest absolute Gasteiger partial charge is 0.251 e. The Morgan fingerprint density at radius 2 is 2.14 bits per heavy atom. The highest BCUT2D eigenvalue weighted by molar-refractivity contribution is 9.10. The molecular formula is C16H19BrN2OS. The minimum absolute atomic E-state index is 0.0267. The zero-order valence-corrected chi connectivity index (χ0v) is 14.8. The monoisotopic (exact) mass is 366 g/mol. The van der Waals surface area contributed by atoms with E-state index in [0.29, 0.717) is 12.1 Å². The lowest BCUT2D eigenvalue weighted by Gasteiger charge is -2.17. The van der Waals surface area contributed by atoms with Crippen molar-refractivity contribution < 1.29 is 4.79 Å². The predicted molar refractivity (Wildman–Crippen MR) is 93.2 cm³/mol. The molecule has 2 N–H and O–H groups in total. The number of aryl methyl sites for hydroxylation is 1. The predicted octanol–water partition coefficient (Wildman–Crippen LogP) is 4.74. The Morgan fingerprint density at radius 1 is 1.38 bits per heavy atom. The standard InChI is InChI=1S/C16H19BrN2OS/c1-4-18-16(20)12-5-6-14(10(2)9-12)19-11(3)15-13(17)7-8-21-15/h5-9,11,19H,4H2,1-3H3,(H,18,20). The quantitative estimate of drug-likeness (QED) is 0.801. The van der Waals surface area contributed by atoms with Crippen molar-refractivity contribution in [3.8, 4) is 0 Å². The molecule has 0 saturated carbocycles. The summed E-state index contributed by atoms with van der Waals surface area (Å²) in [6, 6.07) is 8.02. The average Bonchev–Trinajstić information content (AvgIpc) is 2.87. The molecule has 1 aromatic carbocycles. The van der Waals surface area contributed by atoms with Gasteiger partial charge in [-0.25, -0.2) is 0 Å². The molecule has 112 valence electrons. The van der Waals surface area contributed by atoms with Crippen molar-refractivity contribution in [2.75, 3.05) is 11.9 Å². The highest BCUT2D eigenvalue weighted by Gasteiger charge is 2.13. The van der Waals surface area contributed by atoms with Crippen molar-refractivity contribution in [3.05, 3.63) is 50.1 Å². The molecule has 0 aliphatic heterocycles. The lowest BCUT2D eigenvalue weighted by atomic mass is 10.1. The van der Waals surface area contributed by atoms with Gasteiger partial charge in [-0.2, -0.15) is 0 Å². The summed E-state index contributed by atoms with van der Waals surface area (Å²) in [6.07, 6.45) is 0. The van der Waals surface area contributed by atoms with Crippen LogP contribution in [-0.2, 0) is 0 Å². The third-order valence-electron chi connectivity index (χ3n) is 3.24. The summed E-state index contributed by atoms with van der Waals surface area (Å²) in [5.74, 6) is -0.0267. The van der Waals surface area contributed by atoms with Gasteiger partial charge in [0, 0.05) is 27.1 Å². The average molecular weight is 367 g/mol. The number of halogens is 1. The molecule has 1 atom stereocenters. The van der Waals surface area contributed by atoms with Crippen molar-refractivity contribution in [2.24, 2.45) is 0 Å². The second-order valence-electron chi connectivity index (χ2n) is 4.89. The number of carbonyl (C=O) groups is 1. The van der Waals surface area contributed by atoms with Gasteiger partial charge in [-0.05, 0) is 71.9 Å². The summed E-state index contributed by atoms with van der Waals surface area (Å²) in [5.41, 5.74) is 2.82. The summed E-state index contributed by atoms with van der Waals surface area (Å²) < 4.78 is 1.13. The Morgan fingerprint density at radius 3 is 2.71 bits per heavy atom. The fourth-order valence-electron chi connectivity index (χ4n) is 2.14. The van der Waals surface area contributed by atoms with E-state index in [4.69, 9.17) is 0 Å². The van der Waals surface area contributed by atoms with Crippen molar-refractivity contribution in [2.45, 2.75) is 26.8 Å². The minimum atomic E-state index is -0.0267. The lowest BCUT2D eigenvalue weighted by molar-refractivity contribution is 0.0956. The number of benzene rings is 1. The van der Waals surface area contributed by atoms with E-state index < -0.39 is 0 Å². The van der Waals surface area contributed by atoms with E-state index in [1.807, 2.05) is 32.0 Å². The molecular weight excluding hydrogens is 348 g/mol. The molecule has 21 heavy (non-hydrogen) atoms. The van der Waals surface area contributed by atoms with Gasteiger partial charge in [0.15, 0.2) is 0 Å². The third-order valence-corrected chi connectivity index (χ3v) is 5.29. The summed E-state index contributed by atoms with van der Waals surface area (Å²) >= 11 is 5.29. The van der Waals surface area contributed by atoms with Crippen LogP contribution in [0.5, 0.6) is 0 Å². The molecule has 2 aromatic rings. The van der Waals surface area contributed by atoms with Crippen LogP contribution < -0.4 is 10.6 Å². The third kappa shape index (κ3) is 3.86. The van der Waals surface area contributed by atoms with Crippen LogP contribution in [0.15, 0.2) is 34.1 Å². The first kappa shape index (κ1) is 16.0. The van der Waals surface area contributed by atoms with Crippen LogP contribution in [0, 0.1) is 6.92 Å². The van der Waals surface area contributed by atoms with Gasteiger partial charge in [0.25, 0.3) is 5.91 Å². The number of amides is 1. The zero-order valence-electron chi connectivity index (χ0n) is 12.4. The van der Waals surface area contributed by atoms with E-state index in [2.05, 4.69) is 44.9 Å². The van der Waals surface area contributed by atoms with Crippen molar-refractivity contribution in [1.82, 2.24) is 5.32 Å². The maximum absolute atomic E-state index is 11.8. The van der Waals surface area contributed by atoms with Gasteiger partial charge in [-0.15, -0.1) is 11.3 Å². The summed E-state index contributed by atoms with van der Waals surface area (Å²) in [6.45, 7) is 6.71. The molecule has 2 rings (SSSR count). The maximum atomic E-state index is 11.8. The summed E-state index contributed by atoms with van der Waals surface area (Å²) in [5, 5.41) is 8.39. The Labute approximate surface area is 137 Å². The first-order chi connectivity index (χ1) is 10.0. The Bertz CT molecular complexity index is 639. The second-order valence-corrected chi connectivity index (χ2v) is 6.69. The molecule has 0 aliphatic rings. The summed E-state index contributed by atoms with van der Waals surface area (Å²) in [4.78, 5) is 13.1. The van der Waals surface area contributed by atoms with Crippen molar-refractivity contribution >= 4 is 38.9 Å². The van der Waals surface area contributed by atoms with Gasteiger partial charge in [0.05, 0.1) is 6.04 Å². The van der Waals surface area contributed by atoms with E-state index in [0.717, 1.165) is 15.7 Å². The Kier molecular flexibility index (Phi) is 5.42. The minimum Gasteiger partial charge on any atom is -0.377 e. The molecule has 1 amide bonds. The van der Waals surface area contributed by atoms with E-state index >= 15 is 0 Å². The molecule has 0 radical (unpaired) electrons. The van der Waals surface area contributed by atoms with Crippen LogP contribution in [0.25, 0.3) is 0 Å². The van der Waals surface area contributed by atoms with Crippen LogP contribution in [-0.4, -0.2) is 12.5 Å². The molecule has 1 aromatic heterocycles. The maximum Gasteiger partial charge on any atom is 0.251 e. The first-order valence-corrected chi connectivity index (χ1v) is 8.58. The number of thiophene rings is 1. The molecule has 0 fully saturated rings. The first-order valence-electron chi connectivity index (χ1n) is 6.91. The van der Waals surface area contributed by atoms with Crippen LogP contribution in [0.1, 0.15) is 40.7 Å². The van der Waals surface area contributed by atoms with E-state index in [1.165, 1.54) is 4.88 Å². The highest BCUT2D eigenvalue weighted by Crippen LogP contribution is 2.31. The molecule has 0 bridgehead atoms. The molecule has 0 spiro atoms. The van der Waals surface area contributed by atoms with Crippen LogP contribution in [0.3, 0.4) is 0 Å². The number of anilines is 1. The second kappa shape index (κ2) is 7.09. The van der Waals surface area contributed by atoms with Crippen molar-refractivity contribution in [3.63, 3.8) is 0 Å². The number of hydrogen-bond donors (Lipinski definition) is 2. The van der Waals surface area contributed by atoms with Crippen LogP contribution >= 0.6 is 27.3 Å².